The highest BCUT2D eigenvalue weighted by atomic mass is 16.3. The number of unbranched alkanes of at least 4 members (excludes halogenated alkanes) is 9. The molecule has 0 aliphatic carbocycles. The molecule has 0 bridgehead atoms. The quantitative estimate of drug-likeness (QED) is 0.282. The van der Waals surface area contributed by atoms with E-state index in [2.05, 4.69) is 6.92 Å². The van der Waals surface area contributed by atoms with Crippen LogP contribution in [0, 0.1) is 13.8 Å². The van der Waals surface area contributed by atoms with Gasteiger partial charge in [0.25, 0.3) is 0 Å². The Balaban J connectivity index is 0.000000346. The van der Waals surface area contributed by atoms with Gasteiger partial charge >= 0.3 is 0 Å². The predicted octanol–water partition coefficient (Wildman–Crippen LogP) is 8.39. The number of phenolic OH excluding ortho intramolecular Hbond substituents is 2. The van der Waals surface area contributed by atoms with Gasteiger partial charge in [0.15, 0.2) is 0 Å². The van der Waals surface area contributed by atoms with Gasteiger partial charge in [0.05, 0.1) is 0 Å². The number of para-hydroxylation sites is 1. The third-order valence-electron chi connectivity index (χ3n) is 6.11. The second-order valence-electron chi connectivity index (χ2n) is 9.34. The van der Waals surface area contributed by atoms with E-state index in [-0.39, 0.29) is 5.78 Å². The van der Waals surface area contributed by atoms with Crippen LogP contribution in [0.5, 0.6) is 11.5 Å². The van der Waals surface area contributed by atoms with Crippen LogP contribution < -0.4 is 0 Å². The van der Waals surface area contributed by atoms with Gasteiger partial charge in [-0.05, 0) is 68.4 Å². The summed E-state index contributed by atoms with van der Waals surface area (Å²) in [7, 11) is 0. The minimum atomic E-state index is 0.202. The van der Waals surface area contributed by atoms with Gasteiger partial charge in [-0.25, -0.2) is 0 Å². The molecule has 0 heterocycles. The first-order chi connectivity index (χ1) is 15.8. The lowest BCUT2D eigenvalue weighted by Crippen LogP contribution is -1.95. The number of rotatable bonds is 14. The van der Waals surface area contributed by atoms with Crippen molar-refractivity contribution in [1.82, 2.24) is 0 Å². The molecule has 33 heavy (non-hydrogen) atoms. The summed E-state index contributed by atoms with van der Waals surface area (Å²) in [6.45, 7) is 7.61. The first-order valence-electron chi connectivity index (χ1n) is 12.9. The first kappa shape index (κ1) is 28.7. The van der Waals surface area contributed by atoms with Crippen LogP contribution in [0.2, 0.25) is 0 Å². The molecule has 0 amide bonds. The molecule has 3 heteroatoms. The molecule has 0 atom stereocenters. The number of aromatic hydroxyl groups is 2. The van der Waals surface area contributed by atoms with Gasteiger partial charge in [-0.1, -0.05) is 95.0 Å². The van der Waals surface area contributed by atoms with E-state index in [0.29, 0.717) is 17.9 Å². The normalized spacial score (nSPS) is 10.5. The summed E-state index contributed by atoms with van der Waals surface area (Å²) >= 11 is 0. The average molecular weight is 455 g/mol. The van der Waals surface area contributed by atoms with E-state index < -0.39 is 0 Å². The summed E-state index contributed by atoms with van der Waals surface area (Å²) in [6.07, 6.45) is 16.0. The van der Waals surface area contributed by atoms with Crippen molar-refractivity contribution in [3.63, 3.8) is 0 Å². The smallest absolute Gasteiger partial charge is 0.130 e. The monoisotopic (exact) mass is 454 g/mol. The highest BCUT2D eigenvalue weighted by Gasteiger charge is 2.04. The minimum absolute atomic E-state index is 0.202. The maximum absolute atomic E-state index is 10.8. The van der Waals surface area contributed by atoms with E-state index in [4.69, 9.17) is 0 Å². The summed E-state index contributed by atoms with van der Waals surface area (Å²) in [5, 5.41) is 19.2. The largest absolute Gasteiger partial charge is 0.508 e. The molecule has 3 nitrogen and oxygen atoms in total. The molecule has 0 aliphatic heterocycles. The molecule has 0 aromatic heterocycles. The summed E-state index contributed by atoms with van der Waals surface area (Å²) in [5.74, 6) is 1.02. The van der Waals surface area contributed by atoms with Crippen LogP contribution in [0.15, 0.2) is 36.4 Å². The van der Waals surface area contributed by atoms with Crippen molar-refractivity contribution in [2.75, 3.05) is 0 Å². The van der Waals surface area contributed by atoms with E-state index in [1.807, 2.05) is 44.2 Å². The Bertz CT molecular complexity index is 787. The molecule has 0 unspecified atom stereocenters. The predicted molar refractivity (Wildman–Crippen MR) is 140 cm³/mol. The van der Waals surface area contributed by atoms with Gasteiger partial charge in [-0.2, -0.15) is 0 Å². The van der Waals surface area contributed by atoms with E-state index >= 15 is 0 Å². The summed E-state index contributed by atoms with van der Waals surface area (Å²) in [6, 6.07) is 11.6. The van der Waals surface area contributed by atoms with Crippen LogP contribution in [-0.2, 0) is 17.6 Å². The van der Waals surface area contributed by atoms with E-state index in [9.17, 15) is 15.0 Å². The Morgan fingerprint density at radius 2 is 1.27 bits per heavy atom. The number of benzene rings is 2. The average Bonchev–Trinajstić information content (AvgIpc) is 2.78. The van der Waals surface area contributed by atoms with Crippen molar-refractivity contribution < 1.29 is 15.0 Å². The molecule has 0 aliphatic rings. The zero-order valence-corrected chi connectivity index (χ0v) is 21.5. The van der Waals surface area contributed by atoms with E-state index in [1.54, 1.807) is 13.0 Å². The highest BCUT2D eigenvalue weighted by molar-refractivity contribution is 5.75. The van der Waals surface area contributed by atoms with Gasteiger partial charge in [0, 0.05) is 6.42 Å². The number of aryl methyl sites for hydroxylation is 4. The maximum atomic E-state index is 10.8. The number of phenols is 2. The minimum Gasteiger partial charge on any atom is -0.508 e. The Labute approximate surface area is 202 Å². The summed E-state index contributed by atoms with van der Waals surface area (Å²) in [4.78, 5) is 10.8. The zero-order valence-electron chi connectivity index (χ0n) is 21.5. The lowest BCUT2D eigenvalue weighted by molar-refractivity contribution is -0.116. The standard InChI is InChI=1S/C18H30O.C12H16O2/c1-2-3-4-5-6-7-8-9-10-11-14-17-15-12-13-16-18(17)19;1-8-6-11(5-4-10(3)13)7-9(2)12(8)14/h12-13,15-16,19H,2-11,14H2,1H3;6-7,14H,4-5H2,1-3H3. The molecule has 2 N–H and O–H groups in total. The first-order valence-corrected chi connectivity index (χ1v) is 12.9. The second kappa shape index (κ2) is 17.2. The molecular formula is C30H46O3. The number of carbonyl (C=O) groups is 1. The van der Waals surface area contributed by atoms with Crippen molar-refractivity contribution >= 4 is 5.78 Å². The SMILES string of the molecule is CC(=O)CCc1cc(C)c(O)c(C)c1.CCCCCCCCCCCCc1ccccc1O. The van der Waals surface area contributed by atoms with Gasteiger partial charge in [-0.15, -0.1) is 0 Å². The van der Waals surface area contributed by atoms with Gasteiger partial charge in [0.1, 0.15) is 17.3 Å². The lowest BCUT2D eigenvalue weighted by atomic mass is 10.0. The van der Waals surface area contributed by atoms with Gasteiger partial charge in [0.2, 0.25) is 0 Å². The van der Waals surface area contributed by atoms with Crippen LogP contribution >= 0.6 is 0 Å². The lowest BCUT2D eigenvalue weighted by Gasteiger charge is -2.06. The molecule has 2 rings (SSSR count). The van der Waals surface area contributed by atoms with E-state index in [1.165, 1.54) is 64.2 Å². The van der Waals surface area contributed by atoms with Crippen LogP contribution in [0.3, 0.4) is 0 Å². The third kappa shape index (κ3) is 13.1. The fourth-order valence-electron chi connectivity index (χ4n) is 4.04. The van der Waals surface area contributed by atoms with Crippen molar-refractivity contribution in [3.8, 4) is 11.5 Å². The second-order valence-corrected chi connectivity index (χ2v) is 9.34. The molecular weight excluding hydrogens is 408 g/mol. The molecule has 0 saturated heterocycles. The zero-order chi connectivity index (χ0) is 24.5. The van der Waals surface area contributed by atoms with Crippen LogP contribution in [0.25, 0.3) is 0 Å². The Hall–Kier alpha value is -2.29. The van der Waals surface area contributed by atoms with Crippen molar-refractivity contribution in [2.45, 2.75) is 111 Å². The molecule has 0 fully saturated rings. The maximum Gasteiger partial charge on any atom is 0.130 e. The Morgan fingerprint density at radius 1 is 0.758 bits per heavy atom. The fraction of sp³-hybridized carbons (Fsp3) is 0.567. The topological polar surface area (TPSA) is 57.5 Å². The van der Waals surface area contributed by atoms with Crippen molar-refractivity contribution in [2.24, 2.45) is 0 Å². The van der Waals surface area contributed by atoms with E-state index in [0.717, 1.165) is 35.1 Å². The van der Waals surface area contributed by atoms with Crippen molar-refractivity contribution in [1.29, 1.82) is 0 Å². The number of Topliss-reactive ketones (excluding diaryl/α,β-unsaturated/α-hetero) is 1. The Kier molecular flexibility index (Phi) is 15.0. The number of ketones is 1. The summed E-state index contributed by atoms with van der Waals surface area (Å²) in [5.41, 5.74) is 3.97. The van der Waals surface area contributed by atoms with Crippen LogP contribution in [0.1, 0.15) is 107 Å². The number of carbonyl (C=O) groups excluding carboxylic acids is 1. The van der Waals surface area contributed by atoms with Gasteiger partial charge < -0.3 is 15.0 Å². The molecule has 0 saturated carbocycles. The van der Waals surface area contributed by atoms with Crippen LogP contribution in [0.4, 0.5) is 0 Å². The van der Waals surface area contributed by atoms with Crippen molar-refractivity contribution in [3.05, 3.63) is 58.7 Å². The summed E-state index contributed by atoms with van der Waals surface area (Å²) < 4.78 is 0. The molecule has 2 aromatic carbocycles. The third-order valence-corrected chi connectivity index (χ3v) is 6.11. The van der Waals surface area contributed by atoms with Gasteiger partial charge in [-0.3, -0.25) is 0 Å². The highest BCUT2D eigenvalue weighted by Crippen LogP contribution is 2.23. The van der Waals surface area contributed by atoms with Crippen LogP contribution in [-0.4, -0.2) is 16.0 Å². The molecule has 2 aromatic rings. The fourth-order valence-corrected chi connectivity index (χ4v) is 4.04. The molecule has 0 radical (unpaired) electrons. The number of hydrogen-bond acceptors (Lipinski definition) is 3. The Morgan fingerprint density at radius 3 is 1.79 bits per heavy atom. The molecule has 184 valence electrons. The molecule has 0 spiro atoms. The number of hydrogen-bond donors (Lipinski definition) is 2.